The van der Waals surface area contributed by atoms with Gasteiger partial charge in [0.1, 0.15) is 0 Å². The van der Waals surface area contributed by atoms with Crippen molar-refractivity contribution < 1.29 is 4.79 Å². The van der Waals surface area contributed by atoms with Crippen molar-refractivity contribution in [3.05, 3.63) is 0 Å². The summed E-state index contributed by atoms with van der Waals surface area (Å²) in [5, 5.41) is -0.293. The molecule has 0 radical (unpaired) electrons. The van der Waals surface area contributed by atoms with Gasteiger partial charge in [-0.1, -0.05) is 19.3 Å². The number of hydrogen-bond donors (Lipinski definition) is 0. The van der Waals surface area contributed by atoms with Gasteiger partial charge in [-0.05, 0) is 24.4 Å². The molecule has 94 valence electrons. The largest absolute Gasteiger partial charge is 0.327 e. The number of nitrogens with zero attached hydrogens (tertiary/aromatic N) is 2. The Labute approximate surface area is 109 Å². The van der Waals surface area contributed by atoms with Crippen LogP contribution in [-0.4, -0.2) is 47.4 Å². The monoisotopic (exact) mass is 266 g/mol. The van der Waals surface area contributed by atoms with Crippen LogP contribution in [0.1, 0.15) is 32.1 Å². The predicted octanol–water partition coefficient (Wildman–Crippen LogP) is 2.72. The normalized spacial score (nSPS) is 23.9. The highest BCUT2D eigenvalue weighted by Gasteiger charge is 2.26. The summed E-state index contributed by atoms with van der Waals surface area (Å²) in [6.45, 7) is 3.62. The second-order valence-electron chi connectivity index (χ2n) is 4.57. The average molecular weight is 267 g/mol. The maximum Gasteiger partial charge on any atom is 0.316 e. The maximum atomic E-state index is 11.0. The van der Waals surface area contributed by atoms with E-state index in [1.807, 2.05) is 0 Å². The third-order valence-corrected chi connectivity index (χ3v) is 3.89. The molecule has 1 saturated heterocycles. The molecule has 2 aliphatic rings. The van der Waals surface area contributed by atoms with Crippen LogP contribution < -0.4 is 0 Å². The number of amides is 1. The van der Waals surface area contributed by atoms with Gasteiger partial charge in [-0.15, -0.1) is 12.4 Å². The molecule has 0 aromatic heterocycles. The lowest BCUT2D eigenvalue weighted by atomic mass is 9.94. The van der Waals surface area contributed by atoms with Crippen LogP contribution in [0.4, 0.5) is 4.79 Å². The van der Waals surface area contributed by atoms with E-state index in [0.29, 0.717) is 0 Å². The summed E-state index contributed by atoms with van der Waals surface area (Å²) >= 11 is 5.46. The van der Waals surface area contributed by atoms with E-state index in [9.17, 15) is 4.79 Å². The van der Waals surface area contributed by atoms with Gasteiger partial charge >= 0.3 is 5.37 Å². The van der Waals surface area contributed by atoms with Gasteiger partial charge in [-0.2, -0.15) is 0 Å². The Hall–Kier alpha value is 0.01000. The molecule has 0 aromatic rings. The lowest BCUT2D eigenvalue weighted by molar-refractivity contribution is 0.0969. The van der Waals surface area contributed by atoms with Gasteiger partial charge in [-0.3, -0.25) is 9.69 Å². The van der Waals surface area contributed by atoms with Gasteiger partial charge in [0.15, 0.2) is 0 Å². The average Bonchev–Trinajstić information content (AvgIpc) is 2.30. The number of carbonyl (C=O) groups is 1. The summed E-state index contributed by atoms with van der Waals surface area (Å²) < 4.78 is 0. The third-order valence-electron chi connectivity index (χ3n) is 3.65. The summed E-state index contributed by atoms with van der Waals surface area (Å²) in [5.74, 6) is 0. The van der Waals surface area contributed by atoms with Crippen LogP contribution in [0, 0.1) is 0 Å². The number of rotatable bonds is 1. The minimum absolute atomic E-state index is 0. The fourth-order valence-electron chi connectivity index (χ4n) is 2.71. The van der Waals surface area contributed by atoms with Gasteiger partial charge in [0.2, 0.25) is 0 Å². The SMILES string of the molecule is Cl.O=C(Cl)N1CCN(C2CCCCC2)CC1. The molecular formula is C11H20Cl2N2O. The quantitative estimate of drug-likeness (QED) is 0.538. The predicted molar refractivity (Wildman–Crippen MR) is 68.5 cm³/mol. The Kier molecular flexibility index (Phi) is 5.87. The van der Waals surface area contributed by atoms with Crippen LogP contribution in [0.5, 0.6) is 0 Å². The van der Waals surface area contributed by atoms with E-state index in [1.165, 1.54) is 32.1 Å². The van der Waals surface area contributed by atoms with Crippen molar-refractivity contribution in [3.63, 3.8) is 0 Å². The van der Waals surface area contributed by atoms with E-state index in [4.69, 9.17) is 11.6 Å². The van der Waals surface area contributed by atoms with E-state index in [1.54, 1.807) is 4.90 Å². The number of carbonyl (C=O) groups excluding carboxylic acids is 1. The fraction of sp³-hybridized carbons (Fsp3) is 0.909. The first-order chi connectivity index (χ1) is 7.27. The molecule has 2 rings (SSSR count). The van der Waals surface area contributed by atoms with E-state index < -0.39 is 0 Å². The first kappa shape index (κ1) is 14.1. The van der Waals surface area contributed by atoms with Crippen molar-refractivity contribution in [3.8, 4) is 0 Å². The van der Waals surface area contributed by atoms with Crippen molar-refractivity contribution in [2.24, 2.45) is 0 Å². The van der Waals surface area contributed by atoms with Gasteiger partial charge in [0.25, 0.3) is 0 Å². The van der Waals surface area contributed by atoms with Crippen LogP contribution in [0.15, 0.2) is 0 Å². The van der Waals surface area contributed by atoms with Gasteiger partial charge in [0, 0.05) is 32.2 Å². The lowest BCUT2D eigenvalue weighted by Gasteiger charge is -2.40. The highest BCUT2D eigenvalue weighted by atomic mass is 35.5. The molecule has 2 fully saturated rings. The van der Waals surface area contributed by atoms with Crippen LogP contribution in [0.25, 0.3) is 0 Å². The van der Waals surface area contributed by atoms with Crippen LogP contribution in [-0.2, 0) is 0 Å². The Morgan fingerprint density at radius 3 is 2.06 bits per heavy atom. The highest BCUT2D eigenvalue weighted by molar-refractivity contribution is 6.62. The summed E-state index contributed by atoms with van der Waals surface area (Å²) in [7, 11) is 0. The molecule has 1 amide bonds. The Morgan fingerprint density at radius 1 is 1.00 bits per heavy atom. The first-order valence-electron chi connectivity index (χ1n) is 5.96. The summed E-state index contributed by atoms with van der Waals surface area (Å²) in [6, 6.07) is 0.770. The van der Waals surface area contributed by atoms with Crippen LogP contribution in [0.3, 0.4) is 0 Å². The third kappa shape index (κ3) is 3.51. The Morgan fingerprint density at radius 2 is 1.56 bits per heavy atom. The fourth-order valence-corrected chi connectivity index (χ4v) is 2.88. The van der Waals surface area contributed by atoms with Gasteiger partial charge in [-0.25, -0.2) is 0 Å². The number of hydrogen-bond acceptors (Lipinski definition) is 2. The molecule has 1 aliphatic heterocycles. The minimum Gasteiger partial charge on any atom is -0.327 e. The summed E-state index contributed by atoms with van der Waals surface area (Å²) in [5.41, 5.74) is 0. The van der Waals surface area contributed by atoms with Gasteiger partial charge in [0.05, 0.1) is 0 Å². The molecule has 1 aliphatic carbocycles. The smallest absolute Gasteiger partial charge is 0.316 e. The summed E-state index contributed by atoms with van der Waals surface area (Å²) in [6.07, 6.45) is 6.83. The molecule has 16 heavy (non-hydrogen) atoms. The minimum atomic E-state index is -0.293. The molecule has 0 unspecified atom stereocenters. The molecule has 0 N–H and O–H groups in total. The molecule has 0 bridgehead atoms. The molecular weight excluding hydrogens is 247 g/mol. The maximum absolute atomic E-state index is 11.0. The van der Waals surface area contributed by atoms with Crippen molar-refractivity contribution >= 4 is 29.4 Å². The molecule has 1 saturated carbocycles. The molecule has 0 aromatic carbocycles. The standard InChI is InChI=1S/C11H19ClN2O.ClH/c12-11(15)14-8-6-13(7-9-14)10-4-2-1-3-5-10;/h10H,1-9H2;1H. The van der Waals surface area contributed by atoms with Crippen molar-refractivity contribution in [1.82, 2.24) is 9.80 Å². The van der Waals surface area contributed by atoms with E-state index in [0.717, 1.165) is 32.2 Å². The van der Waals surface area contributed by atoms with Gasteiger partial charge < -0.3 is 4.90 Å². The van der Waals surface area contributed by atoms with Crippen LogP contribution in [0.2, 0.25) is 0 Å². The zero-order valence-corrected chi connectivity index (χ0v) is 11.1. The molecule has 0 atom stereocenters. The Balaban J connectivity index is 0.00000128. The van der Waals surface area contributed by atoms with Crippen molar-refractivity contribution in [2.75, 3.05) is 26.2 Å². The molecule has 3 nitrogen and oxygen atoms in total. The number of halogens is 2. The first-order valence-corrected chi connectivity index (χ1v) is 6.33. The van der Waals surface area contributed by atoms with E-state index >= 15 is 0 Å². The highest BCUT2D eigenvalue weighted by Crippen LogP contribution is 2.23. The number of piperazine rings is 1. The van der Waals surface area contributed by atoms with Crippen molar-refractivity contribution in [1.29, 1.82) is 0 Å². The zero-order valence-electron chi connectivity index (χ0n) is 9.53. The lowest BCUT2D eigenvalue weighted by Crippen LogP contribution is -2.51. The van der Waals surface area contributed by atoms with E-state index in [-0.39, 0.29) is 17.8 Å². The zero-order chi connectivity index (χ0) is 10.7. The van der Waals surface area contributed by atoms with E-state index in [2.05, 4.69) is 4.90 Å². The van der Waals surface area contributed by atoms with Crippen LogP contribution >= 0.6 is 24.0 Å². The second kappa shape index (κ2) is 6.67. The molecule has 0 spiro atoms. The molecule has 1 heterocycles. The Bertz CT molecular complexity index is 224. The molecule has 5 heteroatoms. The van der Waals surface area contributed by atoms with Crippen molar-refractivity contribution in [2.45, 2.75) is 38.1 Å². The second-order valence-corrected chi connectivity index (χ2v) is 4.89. The summed E-state index contributed by atoms with van der Waals surface area (Å²) in [4.78, 5) is 15.2. The topological polar surface area (TPSA) is 23.6 Å².